The lowest BCUT2D eigenvalue weighted by molar-refractivity contribution is 0.101. The Morgan fingerprint density at radius 1 is 1.35 bits per heavy atom. The molecule has 0 saturated carbocycles. The van der Waals surface area contributed by atoms with Crippen molar-refractivity contribution in [3.05, 3.63) is 51.9 Å². The standard InChI is InChI=1S/C18H16N4O2S2/c1-10(23)12-6-4-5-11(7-12)9-22-17(24)14-13(8-19-22)15-16(21(14)2)20-18(25-3)26-15/h4-8H,9H2,1-3H3. The first-order valence-electron chi connectivity index (χ1n) is 7.98. The zero-order valence-corrected chi connectivity index (χ0v) is 16.1. The van der Waals surface area contributed by atoms with Crippen LogP contribution < -0.4 is 5.56 Å². The van der Waals surface area contributed by atoms with Crippen LogP contribution in [-0.4, -0.2) is 31.4 Å². The van der Waals surface area contributed by atoms with Crippen LogP contribution in [0.5, 0.6) is 0 Å². The molecule has 0 atom stereocenters. The Morgan fingerprint density at radius 2 is 2.15 bits per heavy atom. The first-order valence-corrected chi connectivity index (χ1v) is 10.0. The van der Waals surface area contributed by atoms with Crippen LogP contribution in [0.15, 0.2) is 39.6 Å². The summed E-state index contributed by atoms with van der Waals surface area (Å²) in [6, 6.07) is 7.28. The van der Waals surface area contributed by atoms with Gasteiger partial charge in [-0.15, -0.1) is 11.3 Å². The summed E-state index contributed by atoms with van der Waals surface area (Å²) < 4.78 is 5.23. The Morgan fingerprint density at radius 3 is 2.88 bits per heavy atom. The lowest BCUT2D eigenvalue weighted by Crippen LogP contribution is -2.24. The van der Waals surface area contributed by atoms with Crippen LogP contribution in [0.25, 0.3) is 21.3 Å². The summed E-state index contributed by atoms with van der Waals surface area (Å²) in [5.41, 5.74) is 2.75. The number of ketones is 1. The summed E-state index contributed by atoms with van der Waals surface area (Å²) in [7, 11) is 1.86. The van der Waals surface area contributed by atoms with E-state index in [0.29, 0.717) is 17.6 Å². The molecule has 0 fully saturated rings. The zero-order valence-electron chi connectivity index (χ0n) is 14.5. The van der Waals surface area contributed by atoms with Gasteiger partial charge in [-0.05, 0) is 24.8 Å². The molecule has 3 heterocycles. The van der Waals surface area contributed by atoms with Crippen LogP contribution in [0.3, 0.4) is 0 Å². The molecule has 1 aromatic carbocycles. The number of thioether (sulfide) groups is 1. The van der Waals surface area contributed by atoms with E-state index >= 15 is 0 Å². The quantitative estimate of drug-likeness (QED) is 0.399. The van der Waals surface area contributed by atoms with Gasteiger partial charge in [-0.25, -0.2) is 9.67 Å². The van der Waals surface area contributed by atoms with E-state index in [-0.39, 0.29) is 11.3 Å². The average molecular weight is 384 g/mol. The molecule has 0 saturated heterocycles. The van der Waals surface area contributed by atoms with Crippen molar-refractivity contribution in [2.75, 3.05) is 6.26 Å². The molecule has 0 aliphatic rings. The predicted molar refractivity (Wildman–Crippen MR) is 105 cm³/mol. The maximum Gasteiger partial charge on any atom is 0.291 e. The van der Waals surface area contributed by atoms with Gasteiger partial charge in [-0.2, -0.15) is 5.10 Å². The third-order valence-corrected chi connectivity index (χ3v) is 6.41. The molecule has 0 N–H and O–H groups in total. The number of aromatic nitrogens is 4. The molecule has 0 amide bonds. The van der Waals surface area contributed by atoms with E-state index in [4.69, 9.17) is 0 Å². The second-order valence-corrected chi connectivity index (χ2v) is 8.07. The topological polar surface area (TPSA) is 69.8 Å². The minimum absolute atomic E-state index is 0.000882. The highest BCUT2D eigenvalue weighted by molar-refractivity contribution is 8.00. The van der Waals surface area contributed by atoms with Gasteiger partial charge < -0.3 is 4.57 Å². The number of Topliss-reactive ketones (excluding diaryl/α,β-unsaturated/α-hetero) is 1. The third kappa shape index (κ3) is 2.65. The fraction of sp³-hybridized carbons (Fsp3) is 0.222. The highest BCUT2D eigenvalue weighted by Gasteiger charge is 2.18. The molecule has 0 spiro atoms. The third-order valence-electron chi connectivity index (χ3n) is 4.35. The molecule has 4 rings (SSSR count). The molecule has 0 aliphatic heterocycles. The van der Waals surface area contributed by atoms with Crippen LogP contribution in [-0.2, 0) is 13.6 Å². The molecule has 0 unspecified atom stereocenters. The van der Waals surface area contributed by atoms with Crippen molar-refractivity contribution >= 4 is 50.1 Å². The van der Waals surface area contributed by atoms with E-state index in [2.05, 4.69) is 10.1 Å². The summed E-state index contributed by atoms with van der Waals surface area (Å²) in [4.78, 5) is 29.1. The van der Waals surface area contributed by atoms with E-state index in [9.17, 15) is 9.59 Å². The van der Waals surface area contributed by atoms with Crippen molar-refractivity contribution in [2.24, 2.45) is 7.05 Å². The van der Waals surface area contributed by atoms with Gasteiger partial charge in [0.15, 0.2) is 15.8 Å². The Labute approximate surface area is 157 Å². The Hall–Kier alpha value is -2.45. The largest absolute Gasteiger partial charge is 0.323 e. The highest BCUT2D eigenvalue weighted by Crippen LogP contribution is 2.34. The summed E-state index contributed by atoms with van der Waals surface area (Å²) in [5, 5.41) is 5.19. The monoisotopic (exact) mass is 384 g/mol. The molecule has 3 aromatic heterocycles. The first-order chi connectivity index (χ1) is 12.5. The lowest BCUT2D eigenvalue weighted by atomic mass is 10.1. The highest BCUT2D eigenvalue weighted by atomic mass is 32.2. The molecule has 0 radical (unpaired) electrons. The van der Waals surface area contributed by atoms with Crippen LogP contribution in [0.4, 0.5) is 0 Å². The van der Waals surface area contributed by atoms with Gasteiger partial charge in [0.1, 0.15) is 5.52 Å². The average Bonchev–Trinajstić information content (AvgIpc) is 3.17. The number of carbonyl (C=O) groups excluding carboxylic acids is 1. The lowest BCUT2D eigenvalue weighted by Gasteiger charge is -2.07. The van der Waals surface area contributed by atoms with E-state index in [1.54, 1.807) is 41.4 Å². The number of fused-ring (bicyclic) bond motifs is 3. The number of hydrogen-bond acceptors (Lipinski definition) is 6. The summed E-state index contributed by atoms with van der Waals surface area (Å²) in [5.74, 6) is 0.000882. The minimum Gasteiger partial charge on any atom is -0.323 e. The van der Waals surface area contributed by atoms with Crippen molar-refractivity contribution in [2.45, 2.75) is 17.8 Å². The fourth-order valence-electron chi connectivity index (χ4n) is 3.03. The van der Waals surface area contributed by atoms with Crippen LogP contribution in [0.2, 0.25) is 0 Å². The van der Waals surface area contributed by atoms with Gasteiger partial charge in [0.05, 0.1) is 17.4 Å². The molecular weight excluding hydrogens is 368 g/mol. The predicted octanol–water partition coefficient (Wildman–Crippen LogP) is 3.32. The summed E-state index contributed by atoms with van der Waals surface area (Å²) >= 11 is 3.17. The minimum atomic E-state index is -0.158. The van der Waals surface area contributed by atoms with Gasteiger partial charge >= 0.3 is 0 Å². The smallest absolute Gasteiger partial charge is 0.291 e. The molecular formula is C18H16N4O2S2. The second kappa shape index (κ2) is 6.37. The summed E-state index contributed by atoms with van der Waals surface area (Å²) in [6.07, 6.45) is 3.72. The number of thiazole rings is 1. The SMILES string of the molecule is CSc1nc2c(s1)c1cnn(Cc3cccc(C(C)=O)c3)c(=O)c1n2C. The first kappa shape index (κ1) is 17.0. The van der Waals surface area contributed by atoms with Crippen molar-refractivity contribution in [1.82, 2.24) is 19.3 Å². The van der Waals surface area contributed by atoms with Crippen molar-refractivity contribution in [1.29, 1.82) is 0 Å². The van der Waals surface area contributed by atoms with E-state index < -0.39 is 0 Å². The van der Waals surface area contributed by atoms with E-state index in [0.717, 1.165) is 25.6 Å². The Balaban J connectivity index is 1.83. The van der Waals surface area contributed by atoms with E-state index in [1.807, 2.05) is 30.0 Å². The zero-order chi connectivity index (χ0) is 18.4. The van der Waals surface area contributed by atoms with E-state index in [1.165, 1.54) is 11.6 Å². The molecule has 0 bridgehead atoms. The van der Waals surface area contributed by atoms with Crippen LogP contribution >= 0.6 is 23.1 Å². The van der Waals surface area contributed by atoms with Gasteiger partial charge in [0.2, 0.25) is 0 Å². The number of aryl methyl sites for hydroxylation is 1. The van der Waals surface area contributed by atoms with Crippen molar-refractivity contribution in [3.8, 4) is 0 Å². The number of carbonyl (C=O) groups is 1. The summed E-state index contributed by atoms with van der Waals surface area (Å²) in [6.45, 7) is 1.85. The number of hydrogen-bond donors (Lipinski definition) is 0. The molecule has 26 heavy (non-hydrogen) atoms. The normalized spacial score (nSPS) is 11.5. The molecule has 132 valence electrons. The van der Waals surface area contributed by atoms with Crippen molar-refractivity contribution < 1.29 is 4.79 Å². The van der Waals surface area contributed by atoms with Crippen LogP contribution in [0, 0.1) is 0 Å². The number of benzene rings is 1. The molecule has 6 nitrogen and oxygen atoms in total. The maximum absolute atomic E-state index is 13.0. The second-order valence-electron chi connectivity index (χ2n) is 6.02. The number of rotatable bonds is 4. The van der Waals surface area contributed by atoms with Gasteiger partial charge in [-0.1, -0.05) is 30.0 Å². The van der Waals surface area contributed by atoms with Crippen molar-refractivity contribution in [3.63, 3.8) is 0 Å². The fourth-order valence-corrected chi connectivity index (χ4v) is 4.63. The van der Waals surface area contributed by atoms with Crippen LogP contribution in [0.1, 0.15) is 22.8 Å². The Kier molecular flexibility index (Phi) is 4.16. The molecule has 0 aliphatic carbocycles. The maximum atomic E-state index is 13.0. The Bertz CT molecular complexity index is 1220. The molecule has 4 aromatic rings. The van der Waals surface area contributed by atoms with Gasteiger partial charge in [-0.3, -0.25) is 9.59 Å². The van der Waals surface area contributed by atoms with Gasteiger partial charge in [0, 0.05) is 18.0 Å². The van der Waals surface area contributed by atoms with Gasteiger partial charge in [0.25, 0.3) is 5.56 Å². The number of nitrogens with zero attached hydrogens (tertiary/aromatic N) is 4. The molecule has 8 heteroatoms.